The average molecular weight is 461 g/mol. The van der Waals surface area contributed by atoms with E-state index in [4.69, 9.17) is 11.6 Å². The molecule has 0 spiro atoms. The van der Waals surface area contributed by atoms with Gasteiger partial charge in [-0.05, 0) is 55.8 Å². The maximum absolute atomic E-state index is 12.2. The molecule has 1 aliphatic heterocycles. The van der Waals surface area contributed by atoms with Crippen molar-refractivity contribution in [2.45, 2.75) is 30.0 Å². The topological polar surface area (TPSA) is 108 Å². The van der Waals surface area contributed by atoms with Crippen molar-refractivity contribution in [2.75, 3.05) is 6.54 Å². The van der Waals surface area contributed by atoms with Crippen LogP contribution in [0.2, 0.25) is 5.02 Å². The number of carbonyl (C=O) groups is 4. The van der Waals surface area contributed by atoms with Crippen LogP contribution in [0, 0.1) is 0 Å². The molecule has 0 aromatic heterocycles. The van der Waals surface area contributed by atoms with Crippen LogP contribution in [0.3, 0.4) is 0 Å². The van der Waals surface area contributed by atoms with Crippen molar-refractivity contribution >= 4 is 47.1 Å². The van der Waals surface area contributed by atoms with Crippen molar-refractivity contribution in [1.82, 2.24) is 21.1 Å². The van der Waals surface area contributed by atoms with E-state index in [2.05, 4.69) is 16.2 Å². The Morgan fingerprint density at radius 2 is 1.68 bits per heavy atom. The first-order valence-electron chi connectivity index (χ1n) is 9.36. The van der Waals surface area contributed by atoms with Crippen LogP contribution in [0.5, 0.6) is 0 Å². The van der Waals surface area contributed by atoms with Gasteiger partial charge in [0.05, 0.1) is 0 Å². The van der Waals surface area contributed by atoms with Crippen LogP contribution in [0.4, 0.5) is 4.79 Å². The lowest BCUT2D eigenvalue weighted by atomic mass is 10.1. The SMILES string of the molecule is CC1(C)NC(=O)N(CC(=O)NNC(=O)c2ccc(CSc3ccc(Cl)cc3)cc2)C1=O. The number of thioether (sulfide) groups is 1. The number of amides is 5. The molecule has 0 radical (unpaired) electrons. The van der Waals surface area contributed by atoms with Crippen molar-refractivity contribution in [3.63, 3.8) is 0 Å². The summed E-state index contributed by atoms with van der Waals surface area (Å²) in [5.41, 5.74) is 4.82. The lowest BCUT2D eigenvalue weighted by Gasteiger charge is -2.15. The lowest BCUT2D eigenvalue weighted by molar-refractivity contribution is -0.134. The maximum Gasteiger partial charge on any atom is 0.325 e. The number of urea groups is 1. The number of hydrogen-bond acceptors (Lipinski definition) is 5. The van der Waals surface area contributed by atoms with E-state index in [0.29, 0.717) is 10.6 Å². The highest BCUT2D eigenvalue weighted by molar-refractivity contribution is 7.98. The zero-order valence-electron chi connectivity index (χ0n) is 16.9. The highest BCUT2D eigenvalue weighted by Crippen LogP contribution is 2.24. The number of hydrogen-bond donors (Lipinski definition) is 3. The van der Waals surface area contributed by atoms with E-state index < -0.39 is 35.8 Å². The Morgan fingerprint density at radius 3 is 2.26 bits per heavy atom. The van der Waals surface area contributed by atoms with E-state index in [9.17, 15) is 19.2 Å². The fourth-order valence-electron chi connectivity index (χ4n) is 2.79. The first-order valence-corrected chi connectivity index (χ1v) is 10.7. The number of nitrogens with one attached hydrogen (secondary N) is 3. The van der Waals surface area contributed by atoms with Crippen molar-refractivity contribution in [1.29, 1.82) is 0 Å². The zero-order chi connectivity index (χ0) is 22.6. The molecule has 8 nitrogen and oxygen atoms in total. The molecule has 3 rings (SSSR count). The molecule has 0 bridgehead atoms. The minimum atomic E-state index is -1.06. The van der Waals surface area contributed by atoms with Gasteiger partial charge in [-0.1, -0.05) is 23.7 Å². The molecular weight excluding hydrogens is 440 g/mol. The molecule has 0 saturated carbocycles. The van der Waals surface area contributed by atoms with Gasteiger partial charge in [-0.3, -0.25) is 30.1 Å². The Bertz CT molecular complexity index is 1010. The summed E-state index contributed by atoms with van der Waals surface area (Å²) in [6.45, 7) is 2.60. The van der Waals surface area contributed by atoms with Crippen LogP contribution in [0.15, 0.2) is 53.4 Å². The van der Waals surface area contributed by atoms with E-state index in [0.717, 1.165) is 21.1 Å². The molecule has 1 aliphatic rings. The summed E-state index contributed by atoms with van der Waals surface area (Å²) in [5.74, 6) is -0.984. The summed E-state index contributed by atoms with van der Waals surface area (Å²) < 4.78 is 0. The molecule has 3 N–H and O–H groups in total. The molecule has 31 heavy (non-hydrogen) atoms. The van der Waals surface area contributed by atoms with Crippen molar-refractivity contribution in [3.05, 3.63) is 64.7 Å². The molecule has 162 valence electrons. The molecule has 0 atom stereocenters. The Morgan fingerprint density at radius 1 is 1.03 bits per heavy atom. The summed E-state index contributed by atoms with van der Waals surface area (Å²) in [6, 6.07) is 13.9. The van der Waals surface area contributed by atoms with Crippen LogP contribution >= 0.6 is 23.4 Å². The predicted molar refractivity (Wildman–Crippen MR) is 117 cm³/mol. The van der Waals surface area contributed by atoms with Gasteiger partial charge >= 0.3 is 6.03 Å². The molecule has 1 heterocycles. The van der Waals surface area contributed by atoms with Crippen molar-refractivity contribution < 1.29 is 19.2 Å². The minimum Gasteiger partial charge on any atom is -0.324 e. The Labute approximate surface area is 188 Å². The Kier molecular flexibility index (Phi) is 6.87. The van der Waals surface area contributed by atoms with Gasteiger partial charge < -0.3 is 5.32 Å². The van der Waals surface area contributed by atoms with E-state index in [1.807, 2.05) is 36.4 Å². The maximum atomic E-state index is 12.2. The fourth-order valence-corrected chi connectivity index (χ4v) is 3.77. The molecule has 0 aliphatic carbocycles. The monoisotopic (exact) mass is 460 g/mol. The largest absolute Gasteiger partial charge is 0.325 e. The van der Waals surface area contributed by atoms with Crippen molar-refractivity contribution in [3.8, 4) is 0 Å². The third kappa shape index (κ3) is 5.77. The summed E-state index contributed by atoms with van der Waals surface area (Å²) in [6.07, 6.45) is 0. The molecule has 10 heteroatoms. The highest BCUT2D eigenvalue weighted by Gasteiger charge is 2.44. The fraction of sp³-hybridized carbons (Fsp3) is 0.238. The van der Waals surface area contributed by atoms with Gasteiger partial charge in [-0.15, -0.1) is 11.8 Å². The van der Waals surface area contributed by atoms with E-state index >= 15 is 0 Å². The summed E-state index contributed by atoms with van der Waals surface area (Å²) in [5, 5.41) is 3.17. The molecule has 1 fully saturated rings. The number of imide groups is 1. The van der Waals surface area contributed by atoms with Gasteiger partial charge in [-0.25, -0.2) is 4.79 Å². The molecule has 0 unspecified atom stereocenters. The number of hydrazine groups is 1. The first-order chi connectivity index (χ1) is 14.7. The molecule has 5 amide bonds. The predicted octanol–water partition coefficient (Wildman–Crippen LogP) is 2.72. The van der Waals surface area contributed by atoms with Crippen LogP contribution < -0.4 is 16.2 Å². The number of benzene rings is 2. The second-order valence-electron chi connectivity index (χ2n) is 7.39. The quantitative estimate of drug-likeness (QED) is 0.349. The first kappa shape index (κ1) is 22.6. The third-order valence-corrected chi connectivity index (χ3v) is 5.83. The van der Waals surface area contributed by atoms with Crippen molar-refractivity contribution in [2.24, 2.45) is 0 Å². The van der Waals surface area contributed by atoms with Crippen LogP contribution in [0.1, 0.15) is 29.8 Å². The second kappa shape index (κ2) is 9.40. The van der Waals surface area contributed by atoms with E-state index in [1.165, 1.54) is 0 Å². The number of rotatable bonds is 6. The van der Waals surface area contributed by atoms with Crippen LogP contribution in [-0.2, 0) is 15.3 Å². The average Bonchev–Trinajstić information content (AvgIpc) is 2.93. The van der Waals surface area contributed by atoms with E-state index in [-0.39, 0.29) is 0 Å². The summed E-state index contributed by atoms with van der Waals surface area (Å²) in [7, 11) is 0. The zero-order valence-corrected chi connectivity index (χ0v) is 18.5. The lowest BCUT2D eigenvalue weighted by Crippen LogP contribution is -2.48. The van der Waals surface area contributed by atoms with Crippen LogP contribution in [0.25, 0.3) is 0 Å². The van der Waals surface area contributed by atoms with Crippen LogP contribution in [-0.4, -0.2) is 40.7 Å². The number of halogens is 1. The Balaban J connectivity index is 1.47. The molecule has 1 saturated heterocycles. The van der Waals surface area contributed by atoms with Gasteiger partial charge in [0.2, 0.25) is 0 Å². The Hall–Kier alpha value is -3.04. The van der Waals surface area contributed by atoms with Gasteiger partial charge in [0, 0.05) is 21.2 Å². The molecule has 2 aromatic carbocycles. The summed E-state index contributed by atoms with van der Waals surface area (Å²) >= 11 is 7.52. The van der Waals surface area contributed by atoms with E-state index in [1.54, 1.807) is 37.7 Å². The van der Waals surface area contributed by atoms with Gasteiger partial charge in [0.25, 0.3) is 17.7 Å². The number of nitrogens with zero attached hydrogens (tertiary/aromatic N) is 1. The second-order valence-corrected chi connectivity index (χ2v) is 8.87. The third-order valence-electron chi connectivity index (χ3n) is 4.50. The minimum absolute atomic E-state index is 0.358. The summed E-state index contributed by atoms with van der Waals surface area (Å²) in [4.78, 5) is 50.0. The molecular formula is C21H21ClN4O4S. The standard InChI is InChI=1S/C21H21ClN4O4S/c1-21(2)19(29)26(20(30)23-21)11-17(27)24-25-18(28)14-5-3-13(4-6-14)12-31-16-9-7-15(22)8-10-16/h3-10H,11-12H2,1-2H3,(H,23,30)(H,24,27)(H,25,28). The number of carbonyl (C=O) groups excluding carboxylic acids is 4. The van der Waals surface area contributed by atoms with Gasteiger partial charge in [0.15, 0.2) is 0 Å². The van der Waals surface area contributed by atoms with Gasteiger partial charge in [-0.2, -0.15) is 0 Å². The highest BCUT2D eigenvalue weighted by atomic mass is 35.5. The normalized spacial score (nSPS) is 14.9. The molecule has 2 aromatic rings. The smallest absolute Gasteiger partial charge is 0.324 e. The van der Waals surface area contributed by atoms with Gasteiger partial charge in [0.1, 0.15) is 12.1 Å².